The molecule has 24 heavy (non-hydrogen) atoms. The fourth-order valence-corrected chi connectivity index (χ4v) is 1.82. The van der Waals surface area contributed by atoms with E-state index in [1.54, 1.807) is 27.7 Å². The topological polar surface area (TPSA) is 90.7 Å². The summed E-state index contributed by atoms with van der Waals surface area (Å²) in [6.07, 6.45) is 0.839. The number of ether oxygens (including phenoxy) is 2. The van der Waals surface area contributed by atoms with Gasteiger partial charge in [0.15, 0.2) is 0 Å². The van der Waals surface area contributed by atoms with Gasteiger partial charge >= 0.3 is 12.1 Å². The fourth-order valence-electron chi connectivity index (χ4n) is 1.82. The Bertz CT molecular complexity index is 570. The van der Waals surface area contributed by atoms with E-state index in [0.717, 1.165) is 0 Å². The predicted octanol–water partition coefficient (Wildman–Crippen LogP) is 4.00. The van der Waals surface area contributed by atoms with Crippen molar-refractivity contribution in [3.05, 3.63) is 17.5 Å². The minimum atomic E-state index is -0.590. The highest BCUT2D eigenvalue weighted by Crippen LogP contribution is 2.22. The molecule has 7 nitrogen and oxygen atoms in total. The molecule has 0 saturated carbocycles. The Labute approximate surface area is 143 Å². The van der Waals surface area contributed by atoms with Crippen LogP contribution in [0.3, 0.4) is 0 Å². The highest BCUT2D eigenvalue weighted by molar-refractivity contribution is 5.86. The molecule has 0 aliphatic heterocycles. The van der Waals surface area contributed by atoms with Crippen LogP contribution in [0.2, 0.25) is 0 Å². The minimum absolute atomic E-state index is 0.0102. The third kappa shape index (κ3) is 5.86. The van der Waals surface area contributed by atoms with E-state index >= 15 is 0 Å². The van der Waals surface area contributed by atoms with Crippen LogP contribution in [0.1, 0.15) is 83.6 Å². The molecule has 0 aliphatic carbocycles. The summed E-state index contributed by atoms with van der Waals surface area (Å²) < 4.78 is 15.7. The highest BCUT2D eigenvalue weighted by atomic mass is 16.6. The summed E-state index contributed by atoms with van der Waals surface area (Å²) in [5.74, 6) is -0.555. The maximum Gasteiger partial charge on any atom is 0.408 e. The van der Waals surface area contributed by atoms with Gasteiger partial charge in [-0.15, -0.1) is 0 Å². The van der Waals surface area contributed by atoms with E-state index in [9.17, 15) is 9.59 Å². The predicted molar refractivity (Wildman–Crippen MR) is 88.7 cm³/mol. The van der Waals surface area contributed by atoms with E-state index in [0.29, 0.717) is 18.5 Å². The van der Waals surface area contributed by atoms with Gasteiger partial charge in [0.05, 0.1) is 6.04 Å². The van der Waals surface area contributed by atoms with Crippen molar-refractivity contribution in [3.8, 4) is 0 Å². The molecule has 0 spiro atoms. The minimum Gasteiger partial charge on any atom is -0.453 e. The molecule has 0 bridgehead atoms. The molecule has 0 saturated heterocycles. The van der Waals surface area contributed by atoms with Crippen molar-refractivity contribution < 1.29 is 23.6 Å². The maximum absolute atomic E-state index is 12.2. The van der Waals surface area contributed by atoms with Crippen molar-refractivity contribution in [2.75, 3.05) is 0 Å². The summed E-state index contributed by atoms with van der Waals surface area (Å²) in [5, 5.41) is 6.46. The van der Waals surface area contributed by atoms with E-state index in [2.05, 4.69) is 10.5 Å². The van der Waals surface area contributed by atoms with Gasteiger partial charge in [0.2, 0.25) is 5.76 Å². The first kappa shape index (κ1) is 20.0. The zero-order valence-electron chi connectivity index (χ0n) is 15.6. The zero-order chi connectivity index (χ0) is 18.5. The van der Waals surface area contributed by atoms with E-state index < -0.39 is 29.3 Å². The van der Waals surface area contributed by atoms with Gasteiger partial charge in [-0.3, -0.25) is 0 Å². The highest BCUT2D eigenvalue weighted by Gasteiger charge is 2.28. The van der Waals surface area contributed by atoms with Crippen LogP contribution in [-0.4, -0.2) is 28.4 Å². The SMILES string of the molecule is CCC(C)(CC)OC(=O)c1cc(C(C)NC(=O)OC(C)(C)C)no1. The Kier molecular flexibility index (Phi) is 6.40. The first-order valence-electron chi connectivity index (χ1n) is 8.19. The van der Waals surface area contributed by atoms with Crippen LogP contribution in [0, 0.1) is 0 Å². The van der Waals surface area contributed by atoms with Gasteiger partial charge < -0.3 is 19.3 Å². The number of hydrogen-bond donors (Lipinski definition) is 1. The molecule has 136 valence electrons. The van der Waals surface area contributed by atoms with E-state index in [1.807, 2.05) is 20.8 Å². The van der Waals surface area contributed by atoms with E-state index in [1.165, 1.54) is 6.07 Å². The quantitative estimate of drug-likeness (QED) is 0.787. The van der Waals surface area contributed by atoms with Crippen LogP contribution >= 0.6 is 0 Å². The van der Waals surface area contributed by atoms with Crippen LogP contribution in [0.4, 0.5) is 4.79 Å². The molecule has 1 amide bonds. The number of carbonyl (C=O) groups excluding carboxylic acids is 2. The number of nitrogens with zero attached hydrogens (tertiary/aromatic N) is 1. The summed E-state index contributed by atoms with van der Waals surface area (Å²) >= 11 is 0. The van der Waals surface area contributed by atoms with Gasteiger partial charge in [-0.25, -0.2) is 9.59 Å². The maximum atomic E-state index is 12.2. The summed E-state index contributed by atoms with van der Waals surface area (Å²) in [5.41, 5.74) is -0.708. The first-order chi connectivity index (χ1) is 11.0. The molecule has 1 unspecified atom stereocenters. The second-order valence-corrected chi connectivity index (χ2v) is 7.03. The lowest BCUT2D eigenvalue weighted by molar-refractivity contribution is -0.0168. The van der Waals surface area contributed by atoms with Crippen LogP contribution < -0.4 is 5.32 Å². The molecule has 1 atom stereocenters. The average Bonchev–Trinajstić information content (AvgIpc) is 2.95. The lowest BCUT2D eigenvalue weighted by Crippen LogP contribution is -2.34. The van der Waals surface area contributed by atoms with Crippen molar-refractivity contribution in [1.82, 2.24) is 10.5 Å². The number of hydrogen-bond acceptors (Lipinski definition) is 6. The number of carbonyl (C=O) groups is 2. The van der Waals surface area contributed by atoms with Crippen molar-refractivity contribution >= 4 is 12.1 Å². The molecule has 1 rings (SSSR count). The Morgan fingerprint density at radius 2 is 1.79 bits per heavy atom. The number of rotatable bonds is 6. The van der Waals surface area contributed by atoms with Crippen molar-refractivity contribution in [3.63, 3.8) is 0 Å². The second kappa shape index (κ2) is 7.68. The Morgan fingerprint density at radius 1 is 1.21 bits per heavy atom. The molecule has 1 aromatic rings. The third-order valence-electron chi connectivity index (χ3n) is 3.74. The van der Waals surface area contributed by atoms with Crippen LogP contribution in [-0.2, 0) is 9.47 Å². The van der Waals surface area contributed by atoms with Gasteiger partial charge in [0, 0.05) is 6.07 Å². The summed E-state index contributed by atoms with van der Waals surface area (Å²) in [7, 11) is 0. The molecule has 0 aromatic carbocycles. The molecule has 1 aromatic heterocycles. The lowest BCUT2D eigenvalue weighted by Gasteiger charge is -2.26. The summed E-state index contributed by atoms with van der Waals surface area (Å²) in [4.78, 5) is 23.9. The van der Waals surface area contributed by atoms with Crippen LogP contribution in [0.25, 0.3) is 0 Å². The lowest BCUT2D eigenvalue weighted by atomic mass is 10.0. The number of alkyl carbamates (subject to hydrolysis) is 1. The largest absolute Gasteiger partial charge is 0.453 e. The Hall–Kier alpha value is -2.05. The number of aromatic nitrogens is 1. The monoisotopic (exact) mass is 340 g/mol. The van der Waals surface area contributed by atoms with Crippen molar-refractivity contribution in [2.45, 2.75) is 78.6 Å². The Morgan fingerprint density at radius 3 is 2.29 bits per heavy atom. The summed E-state index contributed by atoms with van der Waals surface area (Å²) in [6, 6.07) is 1.00. The molecule has 7 heteroatoms. The first-order valence-corrected chi connectivity index (χ1v) is 8.19. The van der Waals surface area contributed by atoms with Crippen molar-refractivity contribution in [2.24, 2.45) is 0 Å². The van der Waals surface area contributed by atoms with Gasteiger partial charge in [0.1, 0.15) is 16.9 Å². The Balaban J connectivity index is 2.71. The molecule has 1 N–H and O–H groups in total. The number of nitrogens with one attached hydrogen (secondary N) is 1. The third-order valence-corrected chi connectivity index (χ3v) is 3.74. The van der Waals surface area contributed by atoms with Crippen LogP contribution in [0.5, 0.6) is 0 Å². The standard InChI is InChI=1S/C17H28N2O5/c1-8-17(7,9-2)22-14(20)13-10-12(19-24-13)11(3)18-15(21)23-16(4,5)6/h10-11H,8-9H2,1-7H3,(H,18,21). The normalized spacial score (nSPS) is 13.3. The second-order valence-electron chi connectivity index (χ2n) is 7.03. The van der Waals surface area contributed by atoms with Gasteiger partial charge in [-0.1, -0.05) is 19.0 Å². The molecule has 0 aliphatic rings. The molecule has 0 radical (unpaired) electrons. The van der Waals surface area contributed by atoms with E-state index in [-0.39, 0.29) is 5.76 Å². The molecule has 0 fully saturated rings. The molecular formula is C17H28N2O5. The van der Waals surface area contributed by atoms with Gasteiger partial charge in [-0.2, -0.15) is 0 Å². The number of amides is 1. The van der Waals surface area contributed by atoms with Crippen molar-refractivity contribution in [1.29, 1.82) is 0 Å². The van der Waals surface area contributed by atoms with E-state index in [4.69, 9.17) is 14.0 Å². The fraction of sp³-hybridized carbons (Fsp3) is 0.706. The average molecular weight is 340 g/mol. The van der Waals surface area contributed by atoms with Crippen LogP contribution in [0.15, 0.2) is 10.6 Å². The zero-order valence-corrected chi connectivity index (χ0v) is 15.6. The van der Waals surface area contributed by atoms with Gasteiger partial charge in [-0.05, 0) is 47.5 Å². The smallest absolute Gasteiger partial charge is 0.408 e. The number of esters is 1. The van der Waals surface area contributed by atoms with Gasteiger partial charge in [0.25, 0.3) is 0 Å². The molecule has 1 heterocycles. The molecular weight excluding hydrogens is 312 g/mol. The summed E-state index contributed by atoms with van der Waals surface area (Å²) in [6.45, 7) is 12.8.